The van der Waals surface area contributed by atoms with Crippen molar-refractivity contribution in [2.45, 2.75) is 6.92 Å². The highest BCUT2D eigenvalue weighted by Gasteiger charge is 2.19. The van der Waals surface area contributed by atoms with Crippen LogP contribution in [0.15, 0.2) is 46.9 Å². The number of nitro groups is 1. The van der Waals surface area contributed by atoms with Crippen LogP contribution in [0.1, 0.15) is 26.5 Å². The molecule has 0 saturated heterocycles. The molecule has 8 nitrogen and oxygen atoms in total. The molecule has 0 aliphatic rings. The number of nitrogens with one attached hydrogen (secondary N) is 2. The Hall–Kier alpha value is -3.39. The SMILES string of the molecule is Cc1c(C(=O)NNC(=O)c2ccc([N+](=O)[O-])cc2Cl)oc2ccccc12. The van der Waals surface area contributed by atoms with E-state index in [0.29, 0.717) is 11.1 Å². The predicted molar refractivity (Wildman–Crippen MR) is 94.0 cm³/mol. The molecule has 0 bridgehead atoms. The first kappa shape index (κ1) is 17.4. The minimum absolute atomic E-state index is 0.0149. The van der Waals surface area contributed by atoms with Gasteiger partial charge in [0.1, 0.15) is 5.58 Å². The number of hydrogen-bond acceptors (Lipinski definition) is 5. The lowest BCUT2D eigenvalue weighted by Gasteiger charge is -2.07. The molecule has 26 heavy (non-hydrogen) atoms. The molecule has 2 N–H and O–H groups in total. The highest BCUT2D eigenvalue weighted by atomic mass is 35.5. The monoisotopic (exact) mass is 373 g/mol. The van der Waals surface area contributed by atoms with Crippen LogP contribution >= 0.6 is 11.6 Å². The Morgan fingerprint density at radius 2 is 1.81 bits per heavy atom. The predicted octanol–water partition coefficient (Wildman–Crippen LogP) is 3.38. The van der Waals surface area contributed by atoms with Crippen molar-refractivity contribution in [3.63, 3.8) is 0 Å². The van der Waals surface area contributed by atoms with E-state index in [4.69, 9.17) is 16.0 Å². The number of carbonyl (C=O) groups is 2. The second kappa shape index (κ2) is 6.85. The number of nitro benzene ring substituents is 1. The minimum atomic E-state index is -0.716. The van der Waals surface area contributed by atoms with Gasteiger partial charge in [-0.3, -0.25) is 30.6 Å². The van der Waals surface area contributed by atoms with Crippen LogP contribution in [0, 0.1) is 17.0 Å². The van der Waals surface area contributed by atoms with E-state index in [-0.39, 0.29) is 22.0 Å². The van der Waals surface area contributed by atoms with Crippen molar-refractivity contribution in [3.8, 4) is 0 Å². The van der Waals surface area contributed by atoms with Gasteiger partial charge in [0.25, 0.3) is 11.6 Å². The third-order valence-electron chi connectivity index (χ3n) is 3.75. The molecule has 0 spiro atoms. The number of amides is 2. The first-order valence-corrected chi connectivity index (χ1v) is 7.79. The Balaban J connectivity index is 1.74. The first-order valence-electron chi connectivity index (χ1n) is 7.41. The van der Waals surface area contributed by atoms with Gasteiger partial charge < -0.3 is 4.42 Å². The van der Waals surface area contributed by atoms with Gasteiger partial charge >= 0.3 is 5.91 Å². The quantitative estimate of drug-likeness (QED) is 0.539. The summed E-state index contributed by atoms with van der Waals surface area (Å²) in [6, 6.07) is 10.6. The fraction of sp³-hybridized carbons (Fsp3) is 0.0588. The van der Waals surface area contributed by atoms with E-state index in [2.05, 4.69) is 10.9 Å². The van der Waals surface area contributed by atoms with Crippen molar-refractivity contribution >= 4 is 40.1 Å². The maximum absolute atomic E-state index is 12.3. The summed E-state index contributed by atoms with van der Waals surface area (Å²) in [5.41, 5.74) is 5.38. The summed E-state index contributed by atoms with van der Waals surface area (Å²) in [5, 5.41) is 11.4. The van der Waals surface area contributed by atoms with Crippen LogP contribution in [0.5, 0.6) is 0 Å². The standard InChI is InChI=1S/C17H12ClN3O5/c1-9-11-4-2-3-5-14(11)26-15(9)17(23)20-19-16(22)12-7-6-10(21(24)25)8-13(12)18/h2-8H,1H3,(H,19,22)(H,20,23). The average Bonchev–Trinajstić information content (AvgIpc) is 2.96. The Labute approximate surface area is 151 Å². The molecule has 0 radical (unpaired) electrons. The molecule has 0 unspecified atom stereocenters. The Morgan fingerprint density at radius 1 is 1.12 bits per heavy atom. The summed E-state index contributed by atoms with van der Waals surface area (Å²) in [6.07, 6.45) is 0. The molecule has 0 saturated carbocycles. The van der Waals surface area contributed by atoms with E-state index in [1.54, 1.807) is 19.1 Å². The lowest BCUT2D eigenvalue weighted by molar-refractivity contribution is -0.384. The summed E-state index contributed by atoms with van der Waals surface area (Å²) in [4.78, 5) is 34.5. The maximum atomic E-state index is 12.3. The number of para-hydroxylation sites is 1. The van der Waals surface area contributed by atoms with Gasteiger partial charge in [-0.1, -0.05) is 29.8 Å². The van der Waals surface area contributed by atoms with Crippen LogP contribution in [-0.2, 0) is 0 Å². The number of halogens is 1. The molecule has 9 heteroatoms. The third-order valence-corrected chi connectivity index (χ3v) is 4.06. The van der Waals surface area contributed by atoms with Gasteiger partial charge in [-0.15, -0.1) is 0 Å². The fourth-order valence-electron chi connectivity index (χ4n) is 2.43. The number of hydrazine groups is 1. The van der Waals surface area contributed by atoms with E-state index in [0.717, 1.165) is 17.5 Å². The molecular weight excluding hydrogens is 362 g/mol. The molecule has 3 aromatic rings. The lowest BCUT2D eigenvalue weighted by Crippen LogP contribution is -2.41. The Kier molecular flexibility index (Phi) is 4.59. The van der Waals surface area contributed by atoms with Crippen molar-refractivity contribution in [2.75, 3.05) is 0 Å². The number of aryl methyl sites for hydroxylation is 1. The highest BCUT2D eigenvalue weighted by Crippen LogP contribution is 2.25. The summed E-state index contributed by atoms with van der Waals surface area (Å²) in [5.74, 6) is -1.28. The average molecular weight is 374 g/mol. The van der Waals surface area contributed by atoms with Crippen molar-refractivity contribution in [1.29, 1.82) is 0 Å². The van der Waals surface area contributed by atoms with Gasteiger partial charge in [0.05, 0.1) is 15.5 Å². The number of carbonyl (C=O) groups excluding carboxylic acids is 2. The van der Waals surface area contributed by atoms with Gasteiger partial charge in [-0.05, 0) is 19.1 Å². The molecular formula is C17H12ClN3O5. The number of nitrogens with zero attached hydrogens (tertiary/aromatic N) is 1. The molecule has 0 aliphatic heterocycles. The van der Waals surface area contributed by atoms with Crippen LogP contribution in [0.3, 0.4) is 0 Å². The normalized spacial score (nSPS) is 10.5. The zero-order chi connectivity index (χ0) is 18.8. The fourth-order valence-corrected chi connectivity index (χ4v) is 2.69. The van der Waals surface area contributed by atoms with E-state index in [9.17, 15) is 19.7 Å². The van der Waals surface area contributed by atoms with Gasteiger partial charge in [-0.25, -0.2) is 0 Å². The number of furan rings is 1. The molecule has 3 rings (SSSR count). The van der Waals surface area contributed by atoms with Gasteiger partial charge in [-0.2, -0.15) is 0 Å². The van der Waals surface area contributed by atoms with Crippen LogP contribution in [-0.4, -0.2) is 16.7 Å². The number of fused-ring (bicyclic) bond motifs is 1. The molecule has 1 aromatic heterocycles. The van der Waals surface area contributed by atoms with Crippen LogP contribution in [0.2, 0.25) is 5.02 Å². The van der Waals surface area contributed by atoms with Crippen molar-refractivity contribution in [2.24, 2.45) is 0 Å². The van der Waals surface area contributed by atoms with E-state index >= 15 is 0 Å². The Bertz CT molecular complexity index is 1040. The second-order valence-corrected chi connectivity index (χ2v) is 5.79. The topological polar surface area (TPSA) is 114 Å². The van der Waals surface area contributed by atoms with E-state index in [1.165, 1.54) is 6.07 Å². The van der Waals surface area contributed by atoms with Crippen LogP contribution in [0.4, 0.5) is 5.69 Å². The van der Waals surface area contributed by atoms with Crippen molar-refractivity contribution in [3.05, 3.63) is 74.5 Å². The smallest absolute Gasteiger partial charge is 0.305 e. The largest absolute Gasteiger partial charge is 0.451 e. The maximum Gasteiger partial charge on any atom is 0.305 e. The summed E-state index contributed by atoms with van der Waals surface area (Å²) in [6.45, 7) is 1.73. The molecule has 2 amide bonds. The molecule has 2 aromatic carbocycles. The zero-order valence-corrected chi connectivity index (χ0v) is 14.2. The number of hydrogen-bond donors (Lipinski definition) is 2. The highest BCUT2D eigenvalue weighted by molar-refractivity contribution is 6.34. The zero-order valence-electron chi connectivity index (χ0n) is 13.4. The molecule has 0 aliphatic carbocycles. The van der Waals surface area contributed by atoms with Crippen molar-refractivity contribution in [1.82, 2.24) is 10.9 Å². The first-order chi connectivity index (χ1) is 12.4. The molecule has 132 valence electrons. The number of rotatable bonds is 3. The summed E-state index contributed by atoms with van der Waals surface area (Å²) in [7, 11) is 0. The number of benzene rings is 2. The van der Waals surface area contributed by atoms with Crippen molar-refractivity contribution < 1.29 is 18.9 Å². The second-order valence-electron chi connectivity index (χ2n) is 5.38. The van der Waals surface area contributed by atoms with Crippen LogP contribution in [0.25, 0.3) is 11.0 Å². The Morgan fingerprint density at radius 3 is 2.46 bits per heavy atom. The van der Waals surface area contributed by atoms with Gasteiger partial charge in [0, 0.05) is 23.1 Å². The van der Waals surface area contributed by atoms with Crippen LogP contribution < -0.4 is 10.9 Å². The number of non-ortho nitro benzene ring substituents is 1. The van der Waals surface area contributed by atoms with Gasteiger partial charge in [0.15, 0.2) is 5.76 Å². The molecule has 0 atom stereocenters. The van der Waals surface area contributed by atoms with Gasteiger partial charge in [0.2, 0.25) is 0 Å². The van der Waals surface area contributed by atoms with E-state index < -0.39 is 16.7 Å². The molecule has 1 heterocycles. The van der Waals surface area contributed by atoms with E-state index in [1.807, 2.05) is 12.1 Å². The third kappa shape index (κ3) is 3.22. The summed E-state index contributed by atoms with van der Waals surface area (Å²) >= 11 is 5.88. The summed E-state index contributed by atoms with van der Waals surface area (Å²) < 4.78 is 5.50. The lowest BCUT2D eigenvalue weighted by atomic mass is 10.1. The molecule has 0 fully saturated rings. The minimum Gasteiger partial charge on any atom is -0.451 e.